The Balaban J connectivity index is 1.84. The highest BCUT2D eigenvalue weighted by Gasteiger charge is 2.29. The van der Waals surface area contributed by atoms with E-state index in [-0.39, 0.29) is 0 Å². The van der Waals surface area contributed by atoms with E-state index in [0.717, 1.165) is 33.6 Å². The molecular formula is C19H19N5. The number of pyridine rings is 2. The third-order valence-electron chi connectivity index (χ3n) is 4.56. The third-order valence-corrected chi connectivity index (χ3v) is 4.56. The normalized spacial score (nSPS) is 20.3. The minimum Gasteiger partial charge on any atom is -0.402 e. The maximum atomic E-state index is 6.54. The van der Waals surface area contributed by atoms with E-state index in [4.69, 9.17) is 11.5 Å². The highest BCUT2D eigenvalue weighted by Crippen LogP contribution is 2.32. The minimum absolute atomic E-state index is 0.571. The van der Waals surface area contributed by atoms with Crippen molar-refractivity contribution in [3.63, 3.8) is 0 Å². The molecule has 5 heteroatoms. The number of hydrogen-bond donors (Lipinski definition) is 2. The number of allylic oxidation sites excluding steroid dienone is 2. The Kier molecular flexibility index (Phi) is 3.25. The van der Waals surface area contributed by atoms with E-state index in [2.05, 4.69) is 32.7 Å². The molecule has 0 spiro atoms. The van der Waals surface area contributed by atoms with E-state index in [1.165, 1.54) is 0 Å². The van der Waals surface area contributed by atoms with E-state index in [0.29, 0.717) is 6.42 Å². The molecule has 120 valence electrons. The Morgan fingerprint density at radius 1 is 1.25 bits per heavy atom. The topological polar surface area (TPSA) is 82.8 Å². The van der Waals surface area contributed by atoms with Gasteiger partial charge >= 0.3 is 0 Å². The highest BCUT2D eigenvalue weighted by atomic mass is 15.0. The van der Waals surface area contributed by atoms with Crippen molar-refractivity contribution in [2.24, 2.45) is 18.5 Å². The molecule has 1 aliphatic carbocycles. The van der Waals surface area contributed by atoms with Crippen LogP contribution in [0.4, 0.5) is 0 Å². The number of rotatable bonds is 2. The van der Waals surface area contributed by atoms with Gasteiger partial charge in [-0.25, -0.2) is 0 Å². The summed E-state index contributed by atoms with van der Waals surface area (Å²) in [5.41, 5.74) is 16.7. The van der Waals surface area contributed by atoms with Crippen LogP contribution >= 0.6 is 0 Å². The van der Waals surface area contributed by atoms with Crippen LogP contribution in [-0.2, 0) is 12.6 Å². The van der Waals surface area contributed by atoms with Gasteiger partial charge in [0.25, 0.3) is 0 Å². The zero-order valence-corrected chi connectivity index (χ0v) is 13.5. The van der Waals surface area contributed by atoms with Crippen molar-refractivity contribution in [3.05, 3.63) is 72.5 Å². The van der Waals surface area contributed by atoms with Crippen LogP contribution in [0.5, 0.6) is 0 Å². The molecule has 0 amide bonds. The SMILES string of the molecule is Cn1c(-c2cccnc2)cc2cnc(C3(N)C=CC=C(N)C3)cc21. The summed E-state index contributed by atoms with van der Waals surface area (Å²) in [4.78, 5) is 8.80. The molecule has 3 heterocycles. The summed E-state index contributed by atoms with van der Waals surface area (Å²) < 4.78 is 2.15. The van der Waals surface area contributed by atoms with E-state index < -0.39 is 5.54 Å². The second-order valence-corrected chi connectivity index (χ2v) is 6.28. The molecule has 1 aliphatic rings. The number of aryl methyl sites for hydroxylation is 1. The molecule has 3 aromatic rings. The highest BCUT2D eigenvalue weighted by molar-refractivity contribution is 5.86. The lowest BCUT2D eigenvalue weighted by molar-refractivity contribution is 0.529. The van der Waals surface area contributed by atoms with Crippen molar-refractivity contribution in [1.82, 2.24) is 14.5 Å². The smallest absolute Gasteiger partial charge is 0.0827 e. The molecule has 0 fully saturated rings. The first-order valence-corrected chi connectivity index (χ1v) is 7.86. The first kappa shape index (κ1) is 14.7. The molecule has 1 atom stereocenters. The maximum Gasteiger partial charge on any atom is 0.0827 e. The Bertz CT molecular complexity index is 968. The van der Waals surface area contributed by atoms with Crippen LogP contribution in [0.15, 0.2) is 66.8 Å². The van der Waals surface area contributed by atoms with E-state index in [1.807, 2.05) is 43.7 Å². The zero-order chi connectivity index (χ0) is 16.7. The molecule has 24 heavy (non-hydrogen) atoms. The summed E-state index contributed by atoms with van der Waals surface area (Å²) >= 11 is 0. The standard InChI is InChI=1S/C19H19N5/c1-24-16(13-4-3-7-22-11-13)8-14-12-23-18(9-17(14)24)19(21)6-2-5-15(20)10-19/h2-9,11-12H,10,20-21H2,1H3. The minimum atomic E-state index is -0.661. The van der Waals surface area contributed by atoms with Crippen molar-refractivity contribution in [2.45, 2.75) is 12.0 Å². The maximum absolute atomic E-state index is 6.54. The van der Waals surface area contributed by atoms with Crippen LogP contribution in [0, 0.1) is 0 Å². The third kappa shape index (κ3) is 2.30. The fourth-order valence-electron chi connectivity index (χ4n) is 3.25. The first-order valence-electron chi connectivity index (χ1n) is 7.86. The molecule has 4 N–H and O–H groups in total. The molecule has 0 saturated heterocycles. The van der Waals surface area contributed by atoms with Crippen molar-refractivity contribution in [1.29, 1.82) is 0 Å². The number of nitrogens with zero attached hydrogens (tertiary/aromatic N) is 3. The van der Waals surface area contributed by atoms with Crippen molar-refractivity contribution in [3.8, 4) is 11.3 Å². The second kappa shape index (κ2) is 5.32. The molecule has 0 aliphatic heterocycles. The van der Waals surface area contributed by atoms with Crippen LogP contribution in [-0.4, -0.2) is 14.5 Å². The largest absolute Gasteiger partial charge is 0.402 e. The lowest BCUT2D eigenvalue weighted by atomic mass is 9.87. The van der Waals surface area contributed by atoms with Crippen LogP contribution in [0.25, 0.3) is 22.2 Å². The molecule has 4 rings (SSSR count). The van der Waals surface area contributed by atoms with Gasteiger partial charge in [0, 0.05) is 48.7 Å². The van der Waals surface area contributed by atoms with Gasteiger partial charge in [0.1, 0.15) is 0 Å². The van der Waals surface area contributed by atoms with Gasteiger partial charge in [-0.15, -0.1) is 0 Å². The Labute approximate surface area is 140 Å². The second-order valence-electron chi connectivity index (χ2n) is 6.28. The average molecular weight is 317 g/mol. The van der Waals surface area contributed by atoms with Crippen molar-refractivity contribution in [2.75, 3.05) is 0 Å². The van der Waals surface area contributed by atoms with Crippen molar-refractivity contribution >= 4 is 10.9 Å². The van der Waals surface area contributed by atoms with Crippen LogP contribution in [0.1, 0.15) is 12.1 Å². The fourth-order valence-corrected chi connectivity index (χ4v) is 3.25. The summed E-state index contributed by atoms with van der Waals surface area (Å²) in [6.45, 7) is 0. The number of fused-ring (bicyclic) bond motifs is 1. The summed E-state index contributed by atoms with van der Waals surface area (Å²) in [6.07, 6.45) is 11.8. The molecule has 0 aromatic carbocycles. The average Bonchev–Trinajstić information content (AvgIpc) is 2.92. The van der Waals surface area contributed by atoms with Gasteiger partial charge in [-0.1, -0.05) is 12.2 Å². The van der Waals surface area contributed by atoms with Gasteiger partial charge in [-0.05, 0) is 30.3 Å². The molecule has 1 unspecified atom stereocenters. The number of nitrogens with two attached hydrogens (primary N) is 2. The van der Waals surface area contributed by atoms with E-state index >= 15 is 0 Å². The quantitative estimate of drug-likeness (QED) is 0.761. The van der Waals surface area contributed by atoms with Gasteiger partial charge < -0.3 is 16.0 Å². The Hall–Kier alpha value is -2.92. The summed E-state index contributed by atoms with van der Waals surface area (Å²) in [7, 11) is 2.04. The molecule has 3 aromatic heterocycles. The summed E-state index contributed by atoms with van der Waals surface area (Å²) in [5.74, 6) is 0. The lowest BCUT2D eigenvalue weighted by Gasteiger charge is -2.28. The Morgan fingerprint density at radius 3 is 2.88 bits per heavy atom. The molecular weight excluding hydrogens is 298 g/mol. The van der Waals surface area contributed by atoms with Gasteiger partial charge in [-0.2, -0.15) is 0 Å². The Morgan fingerprint density at radius 2 is 2.12 bits per heavy atom. The van der Waals surface area contributed by atoms with Gasteiger partial charge in [0.15, 0.2) is 0 Å². The van der Waals surface area contributed by atoms with Gasteiger partial charge in [0.2, 0.25) is 0 Å². The first-order chi connectivity index (χ1) is 11.6. The molecule has 5 nitrogen and oxygen atoms in total. The molecule has 0 saturated carbocycles. The summed E-state index contributed by atoms with van der Waals surface area (Å²) in [5, 5.41) is 1.08. The van der Waals surface area contributed by atoms with Crippen molar-refractivity contribution < 1.29 is 0 Å². The molecule has 0 bridgehead atoms. The number of aromatic nitrogens is 3. The van der Waals surface area contributed by atoms with Crippen LogP contribution in [0.3, 0.4) is 0 Å². The molecule has 0 radical (unpaired) electrons. The predicted octanol–water partition coefficient (Wildman–Crippen LogP) is 2.59. The van der Waals surface area contributed by atoms with Crippen LogP contribution in [0.2, 0.25) is 0 Å². The van der Waals surface area contributed by atoms with Gasteiger partial charge in [0.05, 0.1) is 22.4 Å². The van der Waals surface area contributed by atoms with Crippen LogP contribution < -0.4 is 11.5 Å². The monoisotopic (exact) mass is 317 g/mol. The lowest BCUT2D eigenvalue weighted by Crippen LogP contribution is -2.38. The fraction of sp³-hybridized carbons (Fsp3) is 0.158. The summed E-state index contributed by atoms with van der Waals surface area (Å²) in [6, 6.07) is 8.16. The van der Waals surface area contributed by atoms with Gasteiger partial charge in [-0.3, -0.25) is 9.97 Å². The van der Waals surface area contributed by atoms with E-state index in [9.17, 15) is 0 Å². The van der Waals surface area contributed by atoms with E-state index in [1.54, 1.807) is 6.20 Å². The predicted molar refractivity (Wildman–Crippen MR) is 95.8 cm³/mol. The number of hydrogen-bond acceptors (Lipinski definition) is 4. The zero-order valence-electron chi connectivity index (χ0n) is 13.5.